The van der Waals surface area contributed by atoms with Gasteiger partial charge in [0, 0.05) is 11.8 Å². The van der Waals surface area contributed by atoms with Crippen molar-refractivity contribution in [1.29, 1.82) is 0 Å². The van der Waals surface area contributed by atoms with Gasteiger partial charge in [-0.15, -0.1) is 0 Å². The SMILES string of the molecule is CS(=O)(=O)c1cccc(-c2nc3ncc(NC(=O)O)cc3[nH]2)c1. The van der Waals surface area contributed by atoms with E-state index in [1.54, 1.807) is 18.2 Å². The number of carboxylic acid groups (broad SMARTS) is 1. The van der Waals surface area contributed by atoms with Crippen LogP contribution in [0, 0.1) is 0 Å². The normalized spacial score (nSPS) is 11.5. The van der Waals surface area contributed by atoms with Crippen LogP contribution < -0.4 is 5.32 Å². The topological polar surface area (TPSA) is 125 Å². The van der Waals surface area contributed by atoms with Crippen molar-refractivity contribution in [3.8, 4) is 11.4 Å². The van der Waals surface area contributed by atoms with Gasteiger partial charge in [0.05, 0.1) is 22.3 Å². The van der Waals surface area contributed by atoms with E-state index in [9.17, 15) is 13.2 Å². The molecule has 3 aromatic rings. The van der Waals surface area contributed by atoms with Gasteiger partial charge in [-0.2, -0.15) is 0 Å². The van der Waals surface area contributed by atoms with Crippen LogP contribution in [0.5, 0.6) is 0 Å². The zero-order valence-corrected chi connectivity index (χ0v) is 12.8. The Kier molecular flexibility index (Phi) is 3.49. The summed E-state index contributed by atoms with van der Waals surface area (Å²) < 4.78 is 23.3. The molecule has 0 saturated heterocycles. The average Bonchev–Trinajstić information content (AvgIpc) is 2.89. The lowest BCUT2D eigenvalue weighted by Gasteiger charge is -2.00. The van der Waals surface area contributed by atoms with Crippen molar-refractivity contribution in [1.82, 2.24) is 15.0 Å². The predicted molar refractivity (Wildman–Crippen MR) is 84.1 cm³/mol. The summed E-state index contributed by atoms with van der Waals surface area (Å²) in [7, 11) is -3.32. The summed E-state index contributed by atoms with van der Waals surface area (Å²) in [6.07, 6.45) is 1.30. The second-order valence-electron chi connectivity index (χ2n) is 4.91. The molecule has 3 N–H and O–H groups in total. The van der Waals surface area contributed by atoms with Gasteiger partial charge in [0.1, 0.15) is 5.82 Å². The first-order valence-corrected chi connectivity index (χ1v) is 8.38. The summed E-state index contributed by atoms with van der Waals surface area (Å²) in [4.78, 5) is 22.2. The molecular weight excluding hydrogens is 320 g/mol. The number of pyridine rings is 1. The molecule has 0 aliphatic carbocycles. The Morgan fingerprint density at radius 1 is 1.30 bits per heavy atom. The molecule has 0 radical (unpaired) electrons. The highest BCUT2D eigenvalue weighted by Crippen LogP contribution is 2.23. The van der Waals surface area contributed by atoms with Crippen molar-refractivity contribution in [2.45, 2.75) is 4.90 Å². The van der Waals surface area contributed by atoms with Crippen LogP contribution in [0.2, 0.25) is 0 Å². The minimum Gasteiger partial charge on any atom is -0.465 e. The molecule has 9 heteroatoms. The van der Waals surface area contributed by atoms with Crippen LogP contribution in [0.4, 0.5) is 10.5 Å². The van der Waals surface area contributed by atoms with Crippen LogP contribution in [-0.4, -0.2) is 40.8 Å². The number of sulfone groups is 1. The molecule has 1 amide bonds. The van der Waals surface area contributed by atoms with E-state index in [0.29, 0.717) is 28.2 Å². The number of hydrogen-bond donors (Lipinski definition) is 3. The Morgan fingerprint density at radius 3 is 2.78 bits per heavy atom. The van der Waals surface area contributed by atoms with Crippen LogP contribution >= 0.6 is 0 Å². The lowest BCUT2D eigenvalue weighted by atomic mass is 10.2. The van der Waals surface area contributed by atoms with E-state index in [1.165, 1.54) is 18.3 Å². The minimum atomic E-state index is -3.32. The van der Waals surface area contributed by atoms with Gasteiger partial charge >= 0.3 is 6.09 Å². The number of fused-ring (bicyclic) bond motifs is 1. The second-order valence-corrected chi connectivity index (χ2v) is 6.93. The van der Waals surface area contributed by atoms with E-state index in [2.05, 4.69) is 20.3 Å². The van der Waals surface area contributed by atoms with Gasteiger partial charge in [-0.05, 0) is 18.2 Å². The van der Waals surface area contributed by atoms with Crippen molar-refractivity contribution < 1.29 is 18.3 Å². The number of aromatic amines is 1. The molecule has 0 bridgehead atoms. The highest BCUT2D eigenvalue weighted by Gasteiger charge is 2.12. The summed E-state index contributed by atoms with van der Waals surface area (Å²) in [5.41, 5.74) is 1.85. The lowest BCUT2D eigenvalue weighted by molar-refractivity contribution is 0.209. The van der Waals surface area contributed by atoms with Crippen LogP contribution in [0.3, 0.4) is 0 Å². The number of hydrogen-bond acceptors (Lipinski definition) is 5. The Labute approximate surface area is 131 Å². The number of nitrogens with one attached hydrogen (secondary N) is 2. The van der Waals surface area contributed by atoms with Crippen LogP contribution in [0.25, 0.3) is 22.6 Å². The summed E-state index contributed by atoms with van der Waals surface area (Å²) >= 11 is 0. The zero-order chi connectivity index (χ0) is 16.6. The molecule has 2 aromatic heterocycles. The maximum atomic E-state index is 11.6. The molecule has 3 rings (SSSR count). The number of rotatable bonds is 3. The molecule has 0 aliphatic heterocycles. The Balaban J connectivity index is 2.05. The third-order valence-electron chi connectivity index (χ3n) is 3.12. The predicted octanol–water partition coefficient (Wildman–Crippen LogP) is 2.12. The maximum absolute atomic E-state index is 11.6. The monoisotopic (exact) mass is 332 g/mol. The molecule has 0 aliphatic rings. The molecule has 8 nitrogen and oxygen atoms in total. The molecule has 0 unspecified atom stereocenters. The lowest BCUT2D eigenvalue weighted by Crippen LogP contribution is -2.07. The molecule has 0 saturated carbocycles. The van der Waals surface area contributed by atoms with Crippen LogP contribution in [0.15, 0.2) is 41.4 Å². The summed E-state index contributed by atoms with van der Waals surface area (Å²) in [5, 5.41) is 10.9. The summed E-state index contributed by atoms with van der Waals surface area (Å²) in [6, 6.07) is 7.94. The third-order valence-corrected chi connectivity index (χ3v) is 4.23. The van der Waals surface area contributed by atoms with Crippen molar-refractivity contribution in [3.63, 3.8) is 0 Å². The number of carbonyl (C=O) groups is 1. The van der Waals surface area contributed by atoms with Gasteiger partial charge < -0.3 is 10.1 Å². The number of anilines is 1. The summed E-state index contributed by atoms with van der Waals surface area (Å²) in [6.45, 7) is 0. The van der Waals surface area contributed by atoms with Gasteiger partial charge in [-0.3, -0.25) is 5.32 Å². The Morgan fingerprint density at radius 2 is 2.09 bits per heavy atom. The van der Waals surface area contributed by atoms with Crippen molar-refractivity contribution in [2.24, 2.45) is 0 Å². The third kappa shape index (κ3) is 3.14. The maximum Gasteiger partial charge on any atom is 0.409 e. The molecule has 1 aromatic carbocycles. The highest BCUT2D eigenvalue weighted by atomic mass is 32.2. The largest absolute Gasteiger partial charge is 0.465 e. The van der Waals surface area contributed by atoms with Crippen molar-refractivity contribution in [3.05, 3.63) is 36.5 Å². The van der Waals surface area contributed by atoms with E-state index in [0.717, 1.165) is 6.26 Å². The number of imidazole rings is 1. The first-order valence-electron chi connectivity index (χ1n) is 6.49. The first kappa shape index (κ1) is 15.0. The smallest absolute Gasteiger partial charge is 0.409 e. The van der Waals surface area contributed by atoms with Crippen molar-refractivity contribution in [2.75, 3.05) is 11.6 Å². The fourth-order valence-electron chi connectivity index (χ4n) is 2.10. The van der Waals surface area contributed by atoms with Crippen LogP contribution in [0.1, 0.15) is 0 Å². The number of aromatic nitrogens is 3. The molecule has 0 fully saturated rings. The minimum absolute atomic E-state index is 0.191. The Hall–Kier alpha value is -2.94. The zero-order valence-electron chi connectivity index (χ0n) is 11.9. The van der Waals surface area contributed by atoms with E-state index in [4.69, 9.17) is 5.11 Å². The first-order chi connectivity index (χ1) is 10.8. The van der Waals surface area contributed by atoms with Gasteiger partial charge in [-0.1, -0.05) is 12.1 Å². The quantitative estimate of drug-likeness (QED) is 0.674. The van der Waals surface area contributed by atoms with Gasteiger partial charge in [0.25, 0.3) is 0 Å². The molecule has 0 spiro atoms. The fraction of sp³-hybridized carbons (Fsp3) is 0.0714. The molecule has 0 atom stereocenters. The van der Waals surface area contributed by atoms with Gasteiger partial charge in [0.15, 0.2) is 15.5 Å². The van der Waals surface area contributed by atoms with Crippen molar-refractivity contribution >= 4 is 32.8 Å². The van der Waals surface area contributed by atoms with E-state index in [1.807, 2.05) is 0 Å². The van der Waals surface area contributed by atoms with E-state index < -0.39 is 15.9 Å². The Bertz CT molecular complexity index is 1010. The average molecular weight is 332 g/mol. The fourth-order valence-corrected chi connectivity index (χ4v) is 2.77. The van der Waals surface area contributed by atoms with Gasteiger partial charge in [0.2, 0.25) is 0 Å². The molecule has 23 heavy (non-hydrogen) atoms. The number of amides is 1. The molecule has 118 valence electrons. The number of nitrogens with zero attached hydrogens (tertiary/aromatic N) is 2. The summed E-state index contributed by atoms with van der Waals surface area (Å²) in [5.74, 6) is 0.450. The van der Waals surface area contributed by atoms with E-state index >= 15 is 0 Å². The standard InChI is InChI=1S/C14H12N4O4S/c1-23(21,22)10-4-2-3-8(5-10)12-17-11-6-9(16-14(19)20)7-15-13(11)18-12/h2-7,16H,1H3,(H,19,20)(H,15,17,18). The highest BCUT2D eigenvalue weighted by molar-refractivity contribution is 7.90. The number of H-pyrrole nitrogens is 1. The second kappa shape index (κ2) is 5.36. The van der Waals surface area contributed by atoms with Gasteiger partial charge in [-0.25, -0.2) is 23.2 Å². The van der Waals surface area contributed by atoms with E-state index in [-0.39, 0.29) is 4.90 Å². The molecule has 2 heterocycles. The number of benzene rings is 1. The van der Waals surface area contributed by atoms with Crippen LogP contribution in [-0.2, 0) is 9.84 Å². The molecular formula is C14H12N4O4S.